The van der Waals surface area contributed by atoms with Crippen LogP contribution in [0.5, 0.6) is 5.75 Å². The lowest BCUT2D eigenvalue weighted by molar-refractivity contribution is -0.150. The molecule has 1 fully saturated rings. The van der Waals surface area contributed by atoms with E-state index in [0.29, 0.717) is 0 Å². The predicted molar refractivity (Wildman–Crippen MR) is 112 cm³/mol. The van der Waals surface area contributed by atoms with Crippen LogP contribution < -0.4 is 4.74 Å². The van der Waals surface area contributed by atoms with Crippen molar-refractivity contribution in [3.63, 3.8) is 0 Å². The van der Waals surface area contributed by atoms with Crippen LogP contribution in [0.25, 0.3) is 6.08 Å². The van der Waals surface area contributed by atoms with Gasteiger partial charge >= 0.3 is 5.97 Å². The van der Waals surface area contributed by atoms with Crippen LogP contribution in [0.2, 0.25) is 0 Å². The van der Waals surface area contributed by atoms with Crippen molar-refractivity contribution in [1.29, 1.82) is 0 Å². The first-order valence-corrected chi connectivity index (χ1v) is 10.2. The molecule has 0 unspecified atom stereocenters. The van der Waals surface area contributed by atoms with E-state index in [1.165, 1.54) is 6.92 Å². The molecule has 1 saturated heterocycles. The summed E-state index contributed by atoms with van der Waals surface area (Å²) in [6.07, 6.45) is 1.65. The molecule has 0 bridgehead atoms. The molecule has 1 atom stereocenters. The van der Waals surface area contributed by atoms with Crippen molar-refractivity contribution in [3.8, 4) is 5.75 Å². The quantitative estimate of drug-likeness (QED) is 0.296. The summed E-state index contributed by atoms with van der Waals surface area (Å²) in [7, 11) is 1.60. The number of hydrogen-bond donors (Lipinski definition) is 0. The van der Waals surface area contributed by atoms with Crippen LogP contribution in [0.1, 0.15) is 19.4 Å². The van der Waals surface area contributed by atoms with Crippen molar-refractivity contribution in [2.75, 3.05) is 13.7 Å². The molecule has 1 aliphatic heterocycles. The summed E-state index contributed by atoms with van der Waals surface area (Å²) in [6, 6.07) is 2.78. The van der Waals surface area contributed by atoms with Gasteiger partial charge in [-0.3, -0.25) is 14.5 Å². The standard InChI is InChI=1S/C16H15I2NO5S/c1-4-24-15(21)8(2)19-14(20)12(25-16(19)22)7-9-5-10(17)13(23-3)11(18)6-9/h5-8H,4H2,1-3H3/b12-7+/t8-/m1/s1. The molecule has 1 aliphatic rings. The lowest BCUT2D eigenvalue weighted by Gasteiger charge is -2.19. The molecule has 0 saturated carbocycles. The van der Waals surface area contributed by atoms with E-state index < -0.39 is 23.2 Å². The number of rotatable bonds is 5. The van der Waals surface area contributed by atoms with Crippen molar-refractivity contribution in [2.45, 2.75) is 19.9 Å². The molecule has 1 heterocycles. The fourth-order valence-electron chi connectivity index (χ4n) is 2.19. The molecule has 1 aromatic carbocycles. The molecule has 0 spiro atoms. The maximum absolute atomic E-state index is 12.5. The largest absolute Gasteiger partial charge is 0.495 e. The van der Waals surface area contributed by atoms with E-state index in [1.807, 2.05) is 12.1 Å². The second-order valence-electron chi connectivity index (χ2n) is 5.00. The number of carbonyl (C=O) groups excluding carboxylic acids is 3. The number of thioether (sulfide) groups is 1. The molecule has 0 aromatic heterocycles. The minimum absolute atomic E-state index is 0.192. The minimum Gasteiger partial charge on any atom is -0.495 e. The van der Waals surface area contributed by atoms with Gasteiger partial charge in [-0.25, -0.2) is 4.79 Å². The topological polar surface area (TPSA) is 72.9 Å². The summed E-state index contributed by atoms with van der Waals surface area (Å²) in [5, 5.41) is -0.477. The van der Waals surface area contributed by atoms with Gasteiger partial charge in [-0.05, 0) is 94.6 Å². The summed E-state index contributed by atoms with van der Waals surface area (Å²) in [5.74, 6) is -0.321. The van der Waals surface area contributed by atoms with E-state index in [4.69, 9.17) is 9.47 Å². The fourth-order valence-corrected chi connectivity index (χ4v) is 5.36. The monoisotopic (exact) mass is 587 g/mol. The van der Waals surface area contributed by atoms with E-state index in [9.17, 15) is 14.4 Å². The molecular formula is C16H15I2NO5S. The summed E-state index contributed by atoms with van der Waals surface area (Å²) in [4.78, 5) is 37.8. The molecule has 0 aliphatic carbocycles. The Morgan fingerprint density at radius 3 is 2.44 bits per heavy atom. The van der Waals surface area contributed by atoms with Crippen molar-refractivity contribution in [1.82, 2.24) is 4.90 Å². The third-order valence-electron chi connectivity index (χ3n) is 3.36. The van der Waals surface area contributed by atoms with Crippen molar-refractivity contribution >= 4 is 80.1 Å². The Balaban J connectivity index is 2.30. The average molecular weight is 587 g/mol. The zero-order valence-electron chi connectivity index (χ0n) is 13.7. The van der Waals surface area contributed by atoms with Crippen molar-refractivity contribution in [3.05, 3.63) is 29.7 Å². The van der Waals surface area contributed by atoms with Gasteiger partial charge in [0.15, 0.2) is 0 Å². The zero-order valence-corrected chi connectivity index (χ0v) is 18.8. The second kappa shape index (κ2) is 8.71. The van der Waals surface area contributed by atoms with Crippen LogP contribution in [0.15, 0.2) is 17.0 Å². The Bertz CT molecular complexity index is 742. The van der Waals surface area contributed by atoms with E-state index >= 15 is 0 Å². The molecule has 9 heteroatoms. The number of ether oxygens (including phenoxy) is 2. The third kappa shape index (κ3) is 4.48. The first kappa shape index (κ1) is 20.5. The Morgan fingerprint density at radius 2 is 1.92 bits per heavy atom. The Labute approximate surface area is 177 Å². The molecule has 0 N–H and O–H groups in total. The molecule has 25 heavy (non-hydrogen) atoms. The number of hydrogen-bond acceptors (Lipinski definition) is 6. The number of methoxy groups -OCH3 is 1. The lowest BCUT2D eigenvalue weighted by atomic mass is 10.2. The smallest absolute Gasteiger partial charge is 0.329 e. The van der Waals surface area contributed by atoms with E-state index in [2.05, 4.69) is 45.2 Å². The van der Waals surface area contributed by atoms with Gasteiger partial charge in [0.25, 0.3) is 11.1 Å². The van der Waals surface area contributed by atoms with Gasteiger partial charge in [0.1, 0.15) is 11.8 Å². The Kier molecular flexibility index (Phi) is 7.14. The number of benzene rings is 1. The van der Waals surface area contributed by atoms with Gasteiger partial charge in [-0.1, -0.05) is 0 Å². The minimum atomic E-state index is -0.950. The van der Waals surface area contributed by atoms with Gasteiger partial charge < -0.3 is 9.47 Å². The number of amides is 2. The van der Waals surface area contributed by atoms with Crippen LogP contribution in [-0.4, -0.2) is 41.8 Å². The lowest BCUT2D eigenvalue weighted by Crippen LogP contribution is -2.42. The summed E-state index contributed by atoms with van der Waals surface area (Å²) >= 11 is 5.12. The van der Waals surface area contributed by atoms with Crippen molar-refractivity contribution < 1.29 is 23.9 Å². The molecule has 6 nitrogen and oxygen atoms in total. The maximum atomic E-state index is 12.5. The molecule has 1 aromatic rings. The van der Waals surface area contributed by atoms with E-state index in [1.54, 1.807) is 20.1 Å². The van der Waals surface area contributed by atoms with Crippen molar-refractivity contribution in [2.24, 2.45) is 0 Å². The first-order chi connectivity index (χ1) is 11.8. The second-order valence-corrected chi connectivity index (χ2v) is 8.32. The first-order valence-electron chi connectivity index (χ1n) is 7.26. The molecule has 2 amide bonds. The van der Waals surface area contributed by atoms with Crippen LogP contribution in [0.4, 0.5) is 4.79 Å². The van der Waals surface area contributed by atoms with E-state index in [0.717, 1.165) is 35.1 Å². The summed E-state index contributed by atoms with van der Waals surface area (Å²) in [6.45, 7) is 3.35. The normalized spacial score (nSPS) is 17.2. The zero-order chi connectivity index (χ0) is 18.7. The highest BCUT2D eigenvalue weighted by Crippen LogP contribution is 2.35. The van der Waals surface area contributed by atoms with Gasteiger partial charge in [0.05, 0.1) is 25.8 Å². The van der Waals surface area contributed by atoms with Crippen LogP contribution in [0.3, 0.4) is 0 Å². The van der Waals surface area contributed by atoms with Gasteiger partial charge in [-0.2, -0.15) is 0 Å². The molecular weight excluding hydrogens is 572 g/mol. The number of halogens is 2. The summed E-state index contributed by atoms with van der Waals surface area (Å²) < 4.78 is 12.0. The van der Waals surface area contributed by atoms with E-state index in [-0.39, 0.29) is 11.5 Å². The fraction of sp³-hybridized carbons (Fsp3) is 0.312. The van der Waals surface area contributed by atoms with Crippen LogP contribution in [-0.2, 0) is 14.3 Å². The van der Waals surface area contributed by atoms with Gasteiger partial charge in [0, 0.05) is 0 Å². The predicted octanol–water partition coefficient (Wildman–Crippen LogP) is 3.89. The number of nitrogens with zero attached hydrogens (tertiary/aromatic N) is 1. The third-order valence-corrected chi connectivity index (χ3v) is 5.85. The number of imide groups is 1. The highest BCUT2D eigenvalue weighted by atomic mass is 127. The van der Waals surface area contributed by atoms with Gasteiger partial charge in [0.2, 0.25) is 0 Å². The maximum Gasteiger partial charge on any atom is 0.329 e. The highest BCUT2D eigenvalue weighted by molar-refractivity contribution is 14.1. The molecule has 2 rings (SSSR count). The number of carbonyl (C=O) groups is 3. The Hall–Kier alpha value is -0.820. The number of esters is 1. The van der Waals surface area contributed by atoms with Gasteiger partial charge in [-0.15, -0.1) is 0 Å². The summed E-state index contributed by atoms with van der Waals surface area (Å²) in [5.41, 5.74) is 0.781. The van der Waals surface area contributed by atoms with Crippen LogP contribution in [0, 0.1) is 7.14 Å². The van der Waals surface area contributed by atoms with Crippen LogP contribution >= 0.6 is 56.9 Å². The SMILES string of the molecule is CCOC(=O)[C@@H](C)N1C(=O)S/C(=C/c2cc(I)c(OC)c(I)c2)C1=O. The molecule has 134 valence electrons. The molecule has 0 radical (unpaired) electrons. The average Bonchev–Trinajstić information content (AvgIpc) is 2.80. The highest BCUT2D eigenvalue weighted by Gasteiger charge is 2.41. The Morgan fingerprint density at radius 1 is 1.32 bits per heavy atom.